The second-order valence-corrected chi connectivity index (χ2v) is 9.28. The van der Waals surface area contributed by atoms with Crippen molar-refractivity contribution in [3.05, 3.63) is 54.0 Å². The Hall–Kier alpha value is -3.35. The van der Waals surface area contributed by atoms with E-state index >= 15 is 0 Å². The highest BCUT2D eigenvalue weighted by molar-refractivity contribution is 5.96. The fourth-order valence-corrected chi connectivity index (χ4v) is 4.60. The molecule has 0 spiro atoms. The van der Waals surface area contributed by atoms with Gasteiger partial charge in [-0.25, -0.2) is 4.98 Å². The van der Waals surface area contributed by atoms with Gasteiger partial charge in [0, 0.05) is 37.0 Å². The van der Waals surface area contributed by atoms with Crippen molar-refractivity contribution in [1.29, 1.82) is 0 Å². The van der Waals surface area contributed by atoms with Crippen molar-refractivity contribution in [2.24, 2.45) is 11.8 Å². The highest BCUT2D eigenvalue weighted by Crippen LogP contribution is 2.29. The molecule has 1 aliphatic rings. The SMILES string of the molecule is Cc1cc(N2C[C@@H](C)C[C@H](C)C2)nc2ccc(NC(=O)CCC(=O)NCc3ccco3)cc12. The number of furan rings is 1. The standard InChI is InChI=1S/C26H32N4O3/c1-17-11-18(2)16-30(15-17)24-12-19(3)22-13-20(6-7-23(22)29-24)28-26(32)9-8-25(31)27-14-21-5-4-10-33-21/h4-7,10,12-13,17-18H,8-9,11,14-16H2,1-3H3,(H,27,31)(H,28,32)/t17-,18-/m0/s1. The number of rotatable bonds is 7. The second-order valence-electron chi connectivity index (χ2n) is 9.28. The predicted molar refractivity (Wildman–Crippen MR) is 130 cm³/mol. The molecule has 0 radical (unpaired) electrons. The predicted octanol–water partition coefficient (Wildman–Crippen LogP) is 4.65. The fourth-order valence-electron chi connectivity index (χ4n) is 4.60. The van der Waals surface area contributed by atoms with Gasteiger partial charge >= 0.3 is 0 Å². The number of carbonyl (C=O) groups is 2. The number of piperidine rings is 1. The number of nitrogens with one attached hydrogen (secondary N) is 2. The fraction of sp³-hybridized carbons (Fsp3) is 0.423. The van der Waals surface area contributed by atoms with Crippen LogP contribution in [0.1, 0.15) is 44.4 Å². The number of pyridine rings is 1. The highest BCUT2D eigenvalue weighted by atomic mass is 16.3. The van der Waals surface area contributed by atoms with E-state index in [2.05, 4.69) is 42.4 Å². The molecule has 0 bridgehead atoms. The maximum Gasteiger partial charge on any atom is 0.224 e. The topological polar surface area (TPSA) is 87.5 Å². The minimum absolute atomic E-state index is 0.115. The Labute approximate surface area is 194 Å². The van der Waals surface area contributed by atoms with Gasteiger partial charge in [0.1, 0.15) is 11.6 Å². The summed E-state index contributed by atoms with van der Waals surface area (Å²) in [5, 5.41) is 6.67. The molecule has 4 rings (SSSR count). The van der Waals surface area contributed by atoms with Gasteiger partial charge in [-0.05, 0) is 67.1 Å². The Balaban J connectivity index is 1.36. The van der Waals surface area contributed by atoms with Gasteiger partial charge in [-0.2, -0.15) is 0 Å². The van der Waals surface area contributed by atoms with Crippen LogP contribution >= 0.6 is 0 Å². The zero-order chi connectivity index (χ0) is 23.4. The lowest BCUT2D eigenvalue weighted by atomic mass is 9.92. The van der Waals surface area contributed by atoms with Crippen LogP contribution in [0, 0.1) is 18.8 Å². The second kappa shape index (κ2) is 10.1. The quantitative estimate of drug-likeness (QED) is 0.549. The van der Waals surface area contributed by atoms with Crippen LogP contribution in [0.15, 0.2) is 47.1 Å². The van der Waals surface area contributed by atoms with Crippen molar-refractivity contribution in [2.75, 3.05) is 23.3 Å². The molecule has 1 saturated heterocycles. The molecule has 2 amide bonds. The molecule has 2 aromatic heterocycles. The van der Waals surface area contributed by atoms with E-state index in [1.54, 1.807) is 18.4 Å². The molecular formula is C26H32N4O3. The Morgan fingerprint density at radius 3 is 2.58 bits per heavy atom. The lowest BCUT2D eigenvalue weighted by Gasteiger charge is -2.36. The van der Waals surface area contributed by atoms with Gasteiger partial charge in [-0.15, -0.1) is 0 Å². The van der Waals surface area contributed by atoms with Gasteiger partial charge in [0.25, 0.3) is 0 Å². The van der Waals surface area contributed by atoms with E-state index in [4.69, 9.17) is 9.40 Å². The average Bonchev–Trinajstić information content (AvgIpc) is 3.29. The van der Waals surface area contributed by atoms with Crippen LogP contribution in [-0.2, 0) is 16.1 Å². The molecule has 174 valence electrons. The molecule has 7 nitrogen and oxygen atoms in total. The first-order valence-electron chi connectivity index (χ1n) is 11.6. The average molecular weight is 449 g/mol. The summed E-state index contributed by atoms with van der Waals surface area (Å²) in [7, 11) is 0. The summed E-state index contributed by atoms with van der Waals surface area (Å²) in [5.74, 6) is 2.65. The molecule has 2 N–H and O–H groups in total. The first kappa shape index (κ1) is 22.8. The number of hydrogen-bond acceptors (Lipinski definition) is 5. The Morgan fingerprint density at radius 1 is 1.09 bits per heavy atom. The van der Waals surface area contributed by atoms with E-state index in [0.29, 0.717) is 29.8 Å². The number of anilines is 2. The molecule has 3 aromatic rings. The number of benzene rings is 1. The number of amides is 2. The Morgan fingerprint density at radius 2 is 1.85 bits per heavy atom. The third kappa shape index (κ3) is 5.92. The van der Waals surface area contributed by atoms with E-state index in [0.717, 1.165) is 35.4 Å². The third-order valence-electron chi connectivity index (χ3n) is 6.10. The molecule has 0 aliphatic carbocycles. The maximum atomic E-state index is 12.4. The summed E-state index contributed by atoms with van der Waals surface area (Å²) >= 11 is 0. The number of carbonyl (C=O) groups excluding carboxylic acids is 2. The molecule has 1 aliphatic heterocycles. The first-order chi connectivity index (χ1) is 15.9. The monoisotopic (exact) mass is 448 g/mol. The van der Waals surface area contributed by atoms with Crippen molar-refractivity contribution in [1.82, 2.24) is 10.3 Å². The number of aryl methyl sites for hydroxylation is 1. The molecule has 3 heterocycles. The maximum absolute atomic E-state index is 12.4. The molecule has 1 fully saturated rings. The van der Waals surface area contributed by atoms with Crippen LogP contribution in [-0.4, -0.2) is 29.9 Å². The smallest absolute Gasteiger partial charge is 0.224 e. The van der Waals surface area contributed by atoms with Crippen LogP contribution < -0.4 is 15.5 Å². The number of fused-ring (bicyclic) bond motifs is 1. The molecule has 2 atom stereocenters. The summed E-state index contributed by atoms with van der Waals surface area (Å²) in [6.45, 7) is 9.07. The Bertz CT molecular complexity index is 1120. The molecular weight excluding hydrogens is 416 g/mol. The third-order valence-corrected chi connectivity index (χ3v) is 6.10. The molecule has 0 unspecified atom stereocenters. The highest BCUT2D eigenvalue weighted by Gasteiger charge is 2.23. The summed E-state index contributed by atoms with van der Waals surface area (Å²) in [4.78, 5) is 31.6. The number of hydrogen-bond donors (Lipinski definition) is 2. The minimum Gasteiger partial charge on any atom is -0.467 e. The molecule has 7 heteroatoms. The van der Waals surface area contributed by atoms with Crippen LogP contribution in [0.3, 0.4) is 0 Å². The first-order valence-corrected chi connectivity index (χ1v) is 11.6. The van der Waals surface area contributed by atoms with Gasteiger partial charge in [0.15, 0.2) is 0 Å². The summed E-state index contributed by atoms with van der Waals surface area (Å²) in [6, 6.07) is 11.5. The summed E-state index contributed by atoms with van der Waals surface area (Å²) < 4.78 is 5.18. The summed E-state index contributed by atoms with van der Waals surface area (Å²) in [5.41, 5.74) is 2.77. The van der Waals surface area contributed by atoms with Gasteiger partial charge in [0.2, 0.25) is 11.8 Å². The Kier molecular flexibility index (Phi) is 6.96. The zero-order valence-electron chi connectivity index (χ0n) is 19.6. The van der Waals surface area contributed by atoms with Crippen LogP contribution in [0.4, 0.5) is 11.5 Å². The van der Waals surface area contributed by atoms with Gasteiger partial charge in [-0.1, -0.05) is 13.8 Å². The number of nitrogens with zero attached hydrogens (tertiary/aromatic N) is 2. The van der Waals surface area contributed by atoms with Crippen molar-refractivity contribution in [2.45, 2.75) is 46.6 Å². The van der Waals surface area contributed by atoms with Gasteiger partial charge in [0.05, 0.1) is 18.3 Å². The van der Waals surface area contributed by atoms with Crippen molar-refractivity contribution < 1.29 is 14.0 Å². The molecule has 0 saturated carbocycles. The molecule has 1 aromatic carbocycles. The van der Waals surface area contributed by atoms with Crippen molar-refractivity contribution in [3.8, 4) is 0 Å². The number of aromatic nitrogens is 1. The van der Waals surface area contributed by atoms with Crippen LogP contribution in [0.5, 0.6) is 0 Å². The normalized spacial score (nSPS) is 18.3. The van der Waals surface area contributed by atoms with E-state index in [1.807, 2.05) is 18.2 Å². The lowest BCUT2D eigenvalue weighted by Crippen LogP contribution is -2.39. The van der Waals surface area contributed by atoms with Crippen molar-refractivity contribution >= 4 is 34.2 Å². The largest absolute Gasteiger partial charge is 0.467 e. The van der Waals surface area contributed by atoms with E-state index in [-0.39, 0.29) is 24.7 Å². The zero-order valence-corrected chi connectivity index (χ0v) is 19.6. The lowest BCUT2D eigenvalue weighted by molar-refractivity contribution is -0.124. The van der Waals surface area contributed by atoms with Gasteiger partial charge in [-0.3, -0.25) is 9.59 Å². The summed E-state index contributed by atoms with van der Waals surface area (Å²) in [6.07, 6.45) is 3.06. The van der Waals surface area contributed by atoms with Gasteiger partial charge < -0.3 is 20.0 Å². The van der Waals surface area contributed by atoms with E-state index in [1.165, 1.54) is 6.42 Å². The van der Waals surface area contributed by atoms with E-state index < -0.39 is 0 Å². The minimum atomic E-state index is -0.193. The molecule has 33 heavy (non-hydrogen) atoms. The van der Waals surface area contributed by atoms with Crippen molar-refractivity contribution in [3.63, 3.8) is 0 Å². The van der Waals surface area contributed by atoms with Crippen LogP contribution in [0.2, 0.25) is 0 Å². The van der Waals surface area contributed by atoms with E-state index in [9.17, 15) is 9.59 Å². The van der Waals surface area contributed by atoms with Crippen LogP contribution in [0.25, 0.3) is 10.9 Å².